The highest BCUT2D eigenvalue weighted by Gasteiger charge is 2.48. The quantitative estimate of drug-likeness (QED) is 0.459. The lowest BCUT2D eigenvalue weighted by Crippen LogP contribution is -2.52. The van der Waals surface area contributed by atoms with Gasteiger partial charge in [-0.1, -0.05) is 17.7 Å². The Balaban J connectivity index is 1.48. The molecule has 1 N–H and O–H groups in total. The molecule has 3 aromatic rings. The van der Waals surface area contributed by atoms with Crippen molar-refractivity contribution in [2.24, 2.45) is 0 Å². The Hall–Kier alpha value is -3.86. The van der Waals surface area contributed by atoms with Gasteiger partial charge in [0.05, 0.1) is 41.6 Å². The second-order valence-corrected chi connectivity index (χ2v) is 10.5. The first kappa shape index (κ1) is 25.8. The first-order valence-electron chi connectivity index (χ1n) is 12.1. The number of amides is 2. The van der Waals surface area contributed by atoms with E-state index in [-0.39, 0.29) is 23.3 Å². The molecule has 2 unspecified atom stereocenters. The second-order valence-electron chi connectivity index (χ2n) is 10.1. The predicted molar refractivity (Wildman–Crippen MR) is 140 cm³/mol. The lowest BCUT2D eigenvalue weighted by Gasteiger charge is -2.36. The molecule has 3 heterocycles. The summed E-state index contributed by atoms with van der Waals surface area (Å²) in [5.74, 6) is 0.115. The highest BCUT2D eigenvalue weighted by molar-refractivity contribution is 6.31. The van der Waals surface area contributed by atoms with E-state index < -0.39 is 29.7 Å². The smallest absolute Gasteiger partial charge is 0.415 e. The maximum atomic E-state index is 14.6. The van der Waals surface area contributed by atoms with E-state index in [9.17, 15) is 14.0 Å². The molecule has 1 aromatic heterocycles. The van der Waals surface area contributed by atoms with Gasteiger partial charge in [-0.3, -0.25) is 4.90 Å². The Morgan fingerprint density at radius 2 is 2.05 bits per heavy atom. The Morgan fingerprint density at radius 3 is 2.79 bits per heavy atom. The molecule has 0 saturated carbocycles. The molecule has 0 bridgehead atoms. The van der Waals surface area contributed by atoms with E-state index in [1.165, 1.54) is 24.4 Å². The Labute approximate surface area is 223 Å². The number of nitrogens with zero attached hydrogens (tertiary/aromatic N) is 4. The fourth-order valence-electron chi connectivity index (χ4n) is 4.66. The van der Waals surface area contributed by atoms with Crippen molar-refractivity contribution in [1.82, 2.24) is 14.9 Å². The van der Waals surface area contributed by atoms with Crippen LogP contribution >= 0.6 is 11.6 Å². The number of benzene rings is 2. The highest BCUT2D eigenvalue weighted by Crippen LogP contribution is 2.41. The number of fused-ring (bicyclic) bond motifs is 2. The Bertz CT molecular complexity index is 1410. The van der Waals surface area contributed by atoms with Crippen LogP contribution in [0.1, 0.15) is 27.2 Å². The van der Waals surface area contributed by atoms with Gasteiger partial charge in [0.25, 0.3) is 0 Å². The van der Waals surface area contributed by atoms with Crippen molar-refractivity contribution < 1.29 is 28.2 Å². The molecule has 2 aliphatic rings. The van der Waals surface area contributed by atoms with Gasteiger partial charge in [0.2, 0.25) is 0 Å². The van der Waals surface area contributed by atoms with E-state index in [4.69, 9.17) is 25.8 Å². The fraction of sp³-hybridized carbons (Fsp3) is 0.385. The maximum absolute atomic E-state index is 14.6. The van der Waals surface area contributed by atoms with Gasteiger partial charge in [-0.25, -0.2) is 23.9 Å². The number of halogens is 2. The summed E-state index contributed by atoms with van der Waals surface area (Å²) in [7, 11) is 1.50. The number of rotatable bonds is 4. The third kappa shape index (κ3) is 4.85. The zero-order chi connectivity index (χ0) is 27.2. The molecular weight excluding hydrogens is 517 g/mol. The van der Waals surface area contributed by atoms with Crippen LogP contribution in [0.25, 0.3) is 10.9 Å². The van der Waals surface area contributed by atoms with Gasteiger partial charge >= 0.3 is 12.2 Å². The number of ether oxygens (including phenoxy) is 3. The number of likely N-dealkylation sites (tertiary alicyclic amines) is 1. The summed E-state index contributed by atoms with van der Waals surface area (Å²) in [4.78, 5) is 37.4. The van der Waals surface area contributed by atoms with Gasteiger partial charge in [-0.05, 0) is 45.4 Å². The molecule has 2 aromatic carbocycles. The maximum Gasteiger partial charge on any atom is 0.415 e. The van der Waals surface area contributed by atoms with Crippen LogP contribution in [0.2, 0.25) is 5.02 Å². The van der Waals surface area contributed by atoms with Crippen molar-refractivity contribution >= 4 is 51.9 Å². The summed E-state index contributed by atoms with van der Waals surface area (Å²) in [6.45, 7) is 6.00. The van der Waals surface area contributed by atoms with Crippen LogP contribution in [0.5, 0.6) is 5.75 Å². The molecular formula is C26H27ClFN5O5. The molecule has 0 aliphatic carbocycles. The molecule has 0 radical (unpaired) electrons. The minimum Gasteiger partial charge on any atom is -0.494 e. The summed E-state index contributed by atoms with van der Waals surface area (Å²) in [5.41, 5.74) is 0.485. The van der Waals surface area contributed by atoms with Crippen molar-refractivity contribution in [2.45, 2.75) is 44.9 Å². The number of nitrogens with one attached hydrogen (secondary N) is 1. The van der Waals surface area contributed by atoms with Gasteiger partial charge in [0, 0.05) is 18.0 Å². The molecule has 5 rings (SSSR count). The normalized spacial score (nSPS) is 19.3. The van der Waals surface area contributed by atoms with Crippen molar-refractivity contribution in [3.8, 4) is 5.75 Å². The second kappa shape index (κ2) is 9.79. The third-order valence-corrected chi connectivity index (χ3v) is 6.65. The zero-order valence-electron chi connectivity index (χ0n) is 21.3. The van der Waals surface area contributed by atoms with Crippen molar-refractivity contribution in [2.75, 3.05) is 30.4 Å². The van der Waals surface area contributed by atoms with Crippen LogP contribution in [0.3, 0.4) is 0 Å². The topological polar surface area (TPSA) is 106 Å². The summed E-state index contributed by atoms with van der Waals surface area (Å²) in [6.07, 6.45) is 0.264. The number of hydrogen-bond donors (Lipinski definition) is 1. The number of anilines is 3. The monoisotopic (exact) mass is 543 g/mol. The van der Waals surface area contributed by atoms with Gasteiger partial charge in [0.15, 0.2) is 5.82 Å². The van der Waals surface area contributed by atoms with Crippen LogP contribution in [-0.4, -0.2) is 65.0 Å². The molecule has 2 atom stereocenters. The molecule has 10 nitrogen and oxygen atoms in total. The minimum atomic E-state index is -0.632. The molecule has 0 spiro atoms. The number of aromatic nitrogens is 2. The largest absolute Gasteiger partial charge is 0.494 e. The molecule has 2 aliphatic heterocycles. The first-order chi connectivity index (χ1) is 18.1. The lowest BCUT2D eigenvalue weighted by molar-refractivity contribution is 0.00551. The first-order valence-corrected chi connectivity index (χ1v) is 12.4. The van der Waals surface area contributed by atoms with Crippen LogP contribution < -0.4 is 15.0 Å². The molecule has 2 amide bonds. The summed E-state index contributed by atoms with van der Waals surface area (Å²) in [6, 6.07) is 7.67. The van der Waals surface area contributed by atoms with Crippen molar-refractivity contribution in [1.29, 1.82) is 0 Å². The fourth-order valence-corrected chi connectivity index (χ4v) is 4.83. The van der Waals surface area contributed by atoms with Gasteiger partial charge in [-0.2, -0.15) is 0 Å². The molecule has 2 fully saturated rings. The van der Waals surface area contributed by atoms with E-state index in [2.05, 4.69) is 15.3 Å². The average Bonchev–Trinajstić information content (AvgIpc) is 3.19. The van der Waals surface area contributed by atoms with Gasteiger partial charge in [-0.15, -0.1) is 0 Å². The molecule has 200 valence electrons. The lowest BCUT2D eigenvalue weighted by atomic mass is 10.0. The number of carbonyl (C=O) groups excluding carboxylic acids is 2. The summed E-state index contributed by atoms with van der Waals surface area (Å²) >= 11 is 5.94. The van der Waals surface area contributed by atoms with E-state index in [1.807, 2.05) is 0 Å². The summed E-state index contributed by atoms with van der Waals surface area (Å²) in [5, 5.41) is 3.48. The predicted octanol–water partition coefficient (Wildman–Crippen LogP) is 5.51. The number of hydrogen-bond acceptors (Lipinski definition) is 8. The van der Waals surface area contributed by atoms with Crippen LogP contribution in [-0.2, 0) is 9.47 Å². The molecule has 38 heavy (non-hydrogen) atoms. The highest BCUT2D eigenvalue weighted by atomic mass is 35.5. The number of methoxy groups -OCH3 is 1. The van der Waals surface area contributed by atoms with Crippen molar-refractivity contribution in [3.05, 3.63) is 47.5 Å². The van der Waals surface area contributed by atoms with E-state index >= 15 is 0 Å². The zero-order valence-corrected chi connectivity index (χ0v) is 22.1. The van der Waals surface area contributed by atoms with Crippen LogP contribution in [0.15, 0.2) is 36.7 Å². The number of piperidine rings is 1. The van der Waals surface area contributed by atoms with Gasteiger partial charge < -0.3 is 24.4 Å². The Morgan fingerprint density at radius 1 is 1.26 bits per heavy atom. The number of carbonyl (C=O) groups is 2. The SMILES string of the molecule is COc1cc2ncnc(Nc3cccc(Cl)c3F)c2cc1N1C(=O)OC2CN(C(=O)OC(C)(C)C)CCC21. The van der Waals surface area contributed by atoms with E-state index in [0.717, 1.165) is 0 Å². The van der Waals surface area contributed by atoms with Crippen LogP contribution in [0, 0.1) is 5.82 Å². The molecule has 2 saturated heterocycles. The Kier molecular flexibility index (Phi) is 6.64. The van der Waals surface area contributed by atoms with Crippen LogP contribution in [0.4, 0.5) is 31.2 Å². The summed E-state index contributed by atoms with van der Waals surface area (Å²) < 4.78 is 31.4. The van der Waals surface area contributed by atoms with E-state index in [0.29, 0.717) is 41.1 Å². The van der Waals surface area contributed by atoms with Crippen molar-refractivity contribution in [3.63, 3.8) is 0 Å². The standard InChI is InChI=1S/C26H27ClFN5O5/c1-26(2,3)38-24(34)32-9-8-18-21(12-32)37-25(35)33(18)19-10-14-17(11-20(19)36-4)29-13-30-23(14)31-16-7-5-6-15(27)22(16)28/h5-7,10-11,13,18,21H,8-9,12H2,1-4H3,(H,29,30,31). The van der Waals surface area contributed by atoms with E-state index in [1.54, 1.807) is 49.9 Å². The minimum absolute atomic E-state index is 0.0284. The molecule has 12 heteroatoms. The average molecular weight is 544 g/mol. The van der Waals surface area contributed by atoms with Gasteiger partial charge in [0.1, 0.15) is 29.6 Å². The third-order valence-electron chi connectivity index (χ3n) is 6.36.